The summed E-state index contributed by atoms with van der Waals surface area (Å²) in [5.41, 5.74) is 2.08. The molecule has 0 saturated carbocycles. The highest BCUT2D eigenvalue weighted by Crippen LogP contribution is 2.24. The third kappa shape index (κ3) is 1.46. The topological polar surface area (TPSA) is 95.6 Å². The maximum atomic E-state index is 10.8. The minimum Gasteiger partial charge on any atom is -0.504 e. The summed E-state index contributed by atoms with van der Waals surface area (Å²) in [5, 5.41) is 17.9. The van der Waals surface area contributed by atoms with Crippen LogP contribution >= 0.6 is 0 Å². The molecule has 5 nitrogen and oxygen atoms in total. The molecule has 0 radical (unpaired) electrons. The number of aromatic hydroxyl groups is 2. The van der Waals surface area contributed by atoms with Crippen LogP contribution in [0.2, 0.25) is 0 Å². The molecule has 64 valence electrons. The Balaban J connectivity index is 3.05. The molecule has 1 aromatic rings. The molecule has 0 spiro atoms. The lowest BCUT2D eigenvalue weighted by Gasteiger charge is -2.00. The van der Waals surface area contributed by atoms with Gasteiger partial charge in [0.1, 0.15) is 0 Å². The molecular formula is C7H8N2O3. The van der Waals surface area contributed by atoms with E-state index in [-0.39, 0.29) is 17.1 Å². The van der Waals surface area contributed by atoms with Gasteiger partial charge in [0, 0.05) is 5.56 Å². The Labute approximate surface area is 68.4 Å². The Morgan fingerprint density at radius 3 is 2.50 bits per heavy atom. The minimum atomic E-state index is -0.523. The van der Waals surface area contributed by atoms with Gasteiger partial charge in [0.15, 0.2) is 11.5 Å². The number of phenols is 2. The maximum Gasteiger partial charge on any atom is 0.265 e. The van der Waals surface area contributed by atoms with E-state index in [4.69, 9.17) is 16.1 Å². The van der Waals surface area contributed by atoms with Crippen LogP contribution in [0.5, 0.6) is 11.5 Å². The number of benzene rings is 1. The van der Waals surface area contributed by atoms with Crippen molar-refractivity contribution in [2.75, 3.05) is 0 Å². The van der Waals surface area contributed by atoms with Gasteiger partial charge in [-0.2, -0.15) is 0 Å². The summed E-state index contributed by atoms with van der Waals surface area (Å²) in [4.78, 5) is 10.8. The van der Waals surface area contributed by atoms with Crippen LogP contribution in [0.3, 0.4) is 0 Å². The maximum absolute atomic E-state index is 10.8. The predicted molar refractivity (Wildman–Crippen MR) is 41.4 cm³/mol. The highest BCUT2D eigenvalue weighted by Gasteiger charge is 2.06. The SMILES string of the molecule is NNC(=O)c1ccc(O)c(O)c1. The standard InChI is InChI=1S/C7H8N2O3/c8-9-7(12)4-1-2-5(10)6(11)3-4/h1-3,10-11H,8H2,(H,9,12). The van der Waals surface area contributed by atoms with E-state index in [0.717, 1.165) is 6.07 Å². The van der Waals surface area contributed by atoms with Crippen LogP contribution in [0.1, 0.15) is 10.4 Å². The Hall–Kier alpha value is -1.75. The first-order chi connectivity index (χ1) is 5.65. The molecule has 1 rings (SSSR count). The molecule has 0 unspecified atom stereocenters. The summed E-state index contributed by atoms with van der Waals surface area (Å²) < 4.78 is 0. The van der Waals surface area contributed by atoms with Gasteiger partial charge in [-0.3, -0.25) is 10.2 Å². The van der Waals surface area contributed by atoms with E-state index in [1.807, 2.05) is 5.43 Å². The van der Waals surface area contributed by atoms with Crippen molar-refractivity contribution in [3.63, 3.8) is 0 Å². The Morgan fingerprint density at radius 2 is 2.00 bits per heavy atom. The lowest BCUT2D eigenvalue weighted by molar-refractivity contribution is 0.0953. The first-order valence-electron chi connectivity index (χ1n) is 3.18. The zero-order chi connectivity index (χ0) is 9.14. The number of nitrogens with two attached hydrogens (primary N) is 1. The molecule has 0 aliphatic heterocycles. The first kappa shape index (κ1) is 8.35. The zero-order valence-electron chi connectivity index (χ0n) is 6.11. The van der Waals surface area contributed by atoms with Gasteiger partial charge in [0.05, 0.1) is 0 Å². The van der Waals surface area contributed by atoms with Crippen LogP contribution in [0.25, 0.3) is 0 Å². The number of nitrogens with one attached hydrogen (secondary N) is 1. The van der Waals surface area contributed by atoms with Gasteiger partial charge in [-0.1, -0.05) is 0 Å². The highest BCUT2D eigenvalue weighted by molar-refractivity contribution is 5.94. The number of hydrogen-bond acceptors (Lipinski definition) is 4. The van der Waals surface area contributed by atoms with Crippen LogP contribution in [0, 0.1) is 0 Å². The Morgan fingerprint density at radius 1 is 1.33 bits per heavy atom. The number of rotatable bonds is 1. The monoisotopic (exact) mass is 168 g/mol. The molecule has 1 amide bonds. The van der Waals surface area contributed by atoms with E-state index in [1.165, 1.54) is 12.1 Å². The van der Waals surface area contributed by atoms with Crippen LogP contribution < -0.4 is 11.3 Å². The quantitative estimate of drug-likeness (QED) is 0.200. The van der Waals surface area contributed by atoms with Crippen LogP contribution in [-0.2, 0) is 0 Å². The van der Waals surface area contributed by atoms with E-state index in [0.29, 0.717) is 0 Å². The van der Waals surface area contributed by atoms with Crippen LogP contribution in [0.15, 0.2) is 18.2 Å². The van der Waals surface area contributed by atoms with Crippen molar-refractivity contribution < 1.29 is 15.0 Å². The van der Waals surface area contributed by atoms with Crippen molar-refractivity contribution in [3.8, 4) is 11.5 Å². The average Bonchev–Trinajstić information content (AvgIpc) is 2.08. The second-order valence-electron chi connectivity index (χ2n) is 2.18. The van der Waals surface area contributed by atoms with Crippen molar-refractivity contribution >= 4 is 5.91 Å². The number of carbonyl (C=O) groups excluding carboxylic acids is 1. The van der Waals surface area contributed by atoms with E-state index in [1.54, 1.807) is 0 Å². The van der Waals surface area contributed by atoms with Gasteiger partial charge < -0.3 is 10.2 Å². The predicted octanol–water partition coefficient (Wildman–Crippen LogP) is -0.299. The largest absolute Gasteiger partial charge is 0.504 e. The minimum absolute atomic E-state index is 0.188. The fraction of sp³-hybridized carbons (Fsp3) is 0. The second kappa shape index (κ2) is 3.10. The van der Waals surface area contributed by atoms with E-state index < -0.39 is 5.91 Å². The molecule has 0 fully saturated rings. The van der Waals surface area contributed by atoms with Gasteiger partial charge in [-0.25, -0.2) is 5.84 Å². The van der Waals surface area contributed by atoms with Gasteiger partial charge in [0.25, 0.3) is 5.91 Å². The fourth-order valence-corrected chi connectivity index (χ4v) is 0.748. The first-order valence-corrected chi connectivity index (χ1v) is 3.18. The van der Waals surface area contributed by atoms with Gasteiger partial charge in [-0.15, -0.1) is 0 Å². The molecule has 5 heteroatoms. The summed E-state index contributed by atoms with van der Waals surface area (Å²) in [6.07, 6.45) is 0. The van der Waals surface area contributed by atoms with E-state index >= 15 is 0 Å². The number of nitrogen functional groups attached to an aromatic ring is 1. The average molecular weight is 168 g/mol. The van der Waals surface area contributed by atoms with E-state index in [2.05, 4.69) is 0 Å². The van der Waals surface area contributed by atoms with Gasteiger partial charge in [-0.05, 0) is 18.2 Å². The molecule has 1 aromatic carbocycles. The second-order valence-corrected chi connectivity index (χ2v) is 2.18. The van der Waals surface area contributed by atoms with Crippen LogP contribution in [-0.4, -0.2) is 16.1 Å². The molecule has 0 aliphatic carbocycles. The summed E-state index contributed by atoms with van der Waals surface area (Å²) in [5.74, 6) is 3.70. The van der Waals surface area contributed by atoms with Crippen molar-refractivity contribution in [2.24, 2.45) is 5.84 Å². The third-order valence-corrected chi connectivity index (χ3v) is 1.37. The molecule has 5 N–H and O–H groups in total. The molecule has 12 heavy (non-hydrogen) atoms. The number of amides is 1. The number of phenolic OH excluding ortho intramolecular Hbond substituents is 2. The summed E-state index contributed by atoms with van der Waals surface area (Å²) in [7, 11) is 0. The lowest BCUT2D eigenvalue weighted by atomic mass is 10.2. The number of hydrogen-bond donors (Lipinski definition) is 4. The molecule has 0 saturated heterocycles. The fourth-order valence-electron chi connectivity index (χ4n) is 0.748. The van der Waals surface area contributed by atoms with Crippen molar-refractivity contribution in [1.82, 2.24) is 5.43 Å². The van der Waals surface area contributed by atoms with Crippen molar-refractivity contribution in [1.29, 1.82) is 0 Å². The van der Waals surface area contributed by atoms with Crippen molar-refractivity contribution in [2.45, 2.75) is 0 Å². The number of carbonyl (C=O) groups is 1. The summed E-state index contributed by atoms with van der Waals surface area (Å²) >= 11 is 0. The molecule has 0 bridgehead atoms. The van der Waals surface area contributed by atoms with E-state index in [9.17, 15) is 4.79 Å². The Bertz CT molecular complexity index is 312. The van der Waals surface area contributed by atoms with Crippen molar-refractivity contribution in [3.05, 3.63) is 23.8 Å². The molecular weight excluding hydrogens is 160 g/mol. The highest BCUT2D eigenvalue weighted by atomic mass is 16.3. The molecule has 0 heterocycles. The zero-order valence-corrected chi connectivity index (χ0v) is 6.11. The number of hydrazine groups is 1. The normalized spacial score (nSPS) is 9.42. The third-order valence-electron chi connectivity index (χ3n) is 1.37. The molecule has 0 atom stereocenters. The smallest absolute Gasteiger partial charge is 0.265 e. The summed E-state index contributed by atoms with van der Waals surface area (Å²) in [6.45, 7) is 0. The Kier molecular flexibility index (Phi) is 2.16. The van der Waals surface area contributed by atoms with Gasteiger partial charge in [0.2, 0.25) is 0 Å². The molecule has 0 aromatic heterocycles. The summed E-state index contributed by atoms with van der Waals surface area (Å²) in [6, 6.07) is 3.68. The van der Waals surface area contributed by atoms with Crippen LogP contribution in [0.4, 0.5) is 0 Å². The van der Waals surface area contributed by atoms with Gasteiger partial charge >= 0.3 is 0 Å². The lowest BCUT2D eigenvalue weighted by Crippen LogP contribution is -2.29. The molecule has 0 aliphatic rings.